The van der Waals surface area contributed by atoms with E-state index in [0.29, 0.717) is 21.5 Å². The van der Waals surface area contributed by atoms with Crippen LogP contribution in [0.1, 0.15) is 11.6 Å². The average Bonchev–Trinajstić information content (AvgIpc) is 2.52. The first-order chi connectivity index (χ1) is 10.5. The predicted octanol–water partition coefficient (Wildman–Crippen LogP) is 3.42. The smallest absolute Gasteiger partial charge is 0.247 e. The molecule has 1 aliphatic heterocycles. The number of nitrogens with zero attached hydrogens (tertiary/aromatic N) is 1. The number of benzene rings is 2. The summed E-state index contributed by atoms with van der Waals surface area (Å²) in [5, 5.41) is 1.02. The van der Waals surface area contributed by atoms with Crippen LogP contribution in [0.4, 0.5) is 5.69 Å². The summed E-state index contributed by atoms with van der Waals surface area (Å²) in [5.74, 6) is 0.392. The third-order valence-electron chi connectivity index (χ3n) is 3.78. The van der Waals surface area contributed by atoms with E-state index in [1.54, 1.807) is 29.2 Å². The fourth-order valence-electron chi connectivity index (χ4n) is 2.65. The molecule has 1 fully saturated rings. The lowest BCUT2D eigenvalue weighted by Crippen LogP contribution is -2.63. The minimum atomic E-state index is -0.610. The molecule has 0 saturated carbocycles. The highest BCUT2D eigenvalue weighted by Gasteiger charge is 2.47. The van der Waals surface area contributed by atoms with Gasteiger partial charge in [-0.2, -0.15) is 0 Å². The summed E-state index contributed by atoms with van der Waals surface area (Å²) in [7, 11) is 1.54. The third-order valence-corrected chi connectivity index (χ3v) is 4.42. The van der Waals surface area contributed by atoms with Crippen molar-refractivity contribution in [1.82, 2.24) is 0 Å². The molecule has 0 aliphatic carbocycles. The van der Waals surface area contributed by atoms with Gasteiger partial charge in [0.25, 0.3) is 0 Å². The molecule has 22 heavy (non-hydrogen) atoms. The Hall–Kier alpha value is -1.75. The number of nitrogens with two attached hydrogens (primary N) is 1. The van der Waals surface area contributed by atoms with Gasteiger partial charge >= 0.3 is 0 Å². The molecule has 1 aliphatic rings. The summed E-state index contributed by atoms with van der Waals surface area (Å²) in [4.78, 5) is 13.8. The zero-order chi connectivity index (χ0) is 15.9. The number of carbonyl (C=O) groups excluding carboxylic acids is 1. The number of carbonyl (C=O) groups is 1. The van der Waals surface area contributed by atoms with Gasteiger partial charge in [-0.1, -0.05) is 41.4 Å². The lowest BCUT2D eigenvalue weighted by molar-refractivity contribution is -0.126. The molecule has 0 radical (unpaired) electrons. The van der Waals surface area contributed by atoms with Crippen LogP contribution in [0, 0.1) is 0 Å². The van der Waals surface area contributed by atoms with Crippen LogP contribution in [0.2, 0.25) is 10.0 Å². The van der Waals surface area contributed by atoms with Crippen molar-refractivity contribution < 1.29 is 9.53 Å². The van der Waals surface area contributed by atoms with Crippen LogP contribution < -0.4 is 15.4 Å². The highest BCUT2D eigenvalue weighted by atomic mass is 35.5. The lowest BCUT2D eigenvalue weighted by atomic mass is 9.88. The molecular weight excluding hydrogens is 323 g/mol. The summed E-state index contributed by atoms with van der Waals surface area (Å²) in [6.07, 6.45) is 0. The minimum absolute atomic E-state index is 0.161. The molecule has 0 spiro atoms. The molecule has 114 valence electrons. The van der Waals surface area contributed by atoms with Gasteiger partial charge in [0.2, 0.25) is 5.91 Å². The van der Waals surface area contributed by atoms with Crippen molar-refractivity contribution in [3.63, 3.8) is 0 Å². The first-order valence-electron chi connectivity index (χ1n) is 6.71. The number of hydrogen-bond donors (Lipinski definition) is 1. The SMILES string of the molecule is COc1ccc(N2C(=O)[C@H](N)[C@H]2c2ccccc2Cl)cc1Cl. The Kier molecular flexibility index (Phi) is 4.00. The Labute approximate surface area is 138 Å². The fourth-order valence-corrected chi connectivity index (χ4v) is 3.15. The van der Waals surface area contributed by atoms with Crippen LogP contribution in [0.25, 0.3) is 0 Å². The van der Waals surface area contributed by atoms with Gasteiger partial charge < -0.3 is 15.4 Å². The number of halogens is 2. The van der Waals surface area contributed by atoms with E-state index in [1.807, 2.05) is 18.2 Å². The summed E-state index contributed by atoms with van der Waals surface area (Å²) < 4.78 is 5.13. The second-order valence-electron chi connectivity index (χ2n) is 5.02. The number of rotatable bonds is 3. The van der Waals surface area contributed by atoms with Crippen LogP contribution in [0.15, 0.2) is 42.5 Å². The summed E-state index contributed by atoms with van der Waals surface area (Å²) in [5.41, 5.74) is 7.47. The van der Waals surface area contributed by atoms with Crippen molar-refractivity contribution in [1.29, 1.82) is 0 Å². The van der Waals surface area contributed by atoms with Gasteiger partial charge in [0, 0.05) is 10.7 Å². The lowest BCUT2D eigenvalue weighted by Gasteiger charge is -2.46. The predicted molar refractivity (Wildman–Crippen MR) is 87.7 cm³/mol. The summed E-state index contributed by atoms with van der Waals surface area (Å²) in [6, 6.07) is 11.6. The van der Waals surface area contributed by atoms with E-state index in [1.165, 1.54) is 7.11 Å². The van der Waals surface area contributed by atoms with Crippen molar-refractivity contribution in [3.05, 3.63) is 58.1 Å². The molecule has 2 atom stereocenters. The quantitative estimate of drug-likeness (QED) is 0.873. The van der Waals surface area contributed by atoms with Gasteiger partial charge in [-0.25, -0.2) is 0 Å². The molecule has 2 N–H and O–H groups in total. The Morgan fingerprint density at radius 2 is 1.86 bits per heavy atom. The van der Waals surface area contributed by atoms with Gasteiger partial charge in [0.05, 0.1) is 18.2 Å². The minimum Gasteiger partial charge on any atom is -0.495 e. The van der Waals surface area contributed by atoms with Crippen LogP contribution in [0.5, 0.6) is 5.75 Å². The normalized spacial score (nSPS) is 20.7. The first-order valence-corrected chi connectivity index (χ1v) is 7.47. The number of β-lactam (4-membered cyclic amide) rings is 1. The maximum Gasteiger partial charge on any atom is 0.247 e. The monoisotopic (exact) mass is 336 g/mol. The van der Waals surface area contributed by atoms with E-state index in [2.05, 4.69) is 0 Å². The highest BCUT2D eigenvalue weighted by Crippen LogP contribution is 2.42. The molecule has 1 amide bonds. The van der Waals surface area contributed by atoms with Crippen LogP contribution in [-0.4, -0.2) is 19.1 Å². The topological polar surface area (TPSA) is 55.6 Å². The van der Waals surface area contributed by atoms with E-state index in [0.717, 1.165) is 5.56 Å². The van der Waals surface area contributed by atoms with Crippen molar-refractivity contribution in [2.45, 2.75) is 12.1 Å². The van der Waals surface area contributed by atoms with E-state index in [-0.39, 0.29) is 11.9 Å². The van der Waals surface area contributed by atoms with E-state index < -0.39 is 6.04 Å². The van der Waals surface area contributed by atoms with Crippen molar-refractivity contribution in [2.75, 3.05) is 12.0 Å². The highest BCUT2D eigenvalue weighted by molar-refractivity contribution is 6.32. The van der Waals surface area contributed by atoms with E-state index in [4.69, 9.17) is 33.7 Å². The molecule has 1 heterocycles. The Balaban J connectivity index is 2.00. The van der Waals surface area contributed by atoms with Crippen molar-refractivity contribution in [3.8, 4) is 5.75 Å². The number of methoxy groups -OCH3 is 1. The zero-order valence-electron chi connectivity index (χ0n) is 11.8. The van der Waals surface area contributed by atoms with Crippen molar-refractivity contribution in [2.24, 2.45) is 5.73 Å². The molecule has 0 unspecified atom stereocenters. The third kappa shape index (κ3) is 2.33. The van der Waals surface area contributed by atoms with Crippen molar-refractivity contribution >= 4 is 34.8 Å². The Bertz CT molecular complexity index is 736. The molecule has 0 bridgehead atoms. The molecule has 6 heteroatoms. The largest absolute Gasteiger partial charge is 0.495 e. The number of amides is 1. The molecular formula is C16H14Cl2N2O2. The van der Waals surface area contributed by atoms with Gasteiger partial charge in [-0.3, -0.25) is 4.79 Å². The molecule has 2 aromatic carbocycles. The number of ether oxygens (including phenoxy) is 1. The van der Waals surface area contributed by atoms with Gasteiger partial charge in [-0.05, 0) is 29.8 Å². The number of anilines is 1. The van der Waals surface area contributed by atoms with Gasteiger partial charge in [-0.15, -0.1) is 0 Å². The second kappa shape index (κ2) is 5.80. The summed E-state index contributed by atoms with van der Waals surface area (Å²) in [6.45, 7) is 0. The average molecular weight is 337 g/mol. The van der Waals surface area contributed by atoms with E-state index >= 15 is 0 Å². The standard InChI is InChI=1S/C16H14Cl2N2O2/c1-22-13-7-6-9(8-12(13)18)20-15(14(19)16(20)21)10-4-2-3-5-11(10)17/h2-8,14-15H,19H2,1H3/t14-,15-/m1/s1. The molecule has 1 saturated heterocycles. The van der Waals surface area contributed by atoms with Gasteiger partial charge in [0.1, 0.15) is 11.8 Å². The summed E-state index contributed by atoms with van der Waals surface area (Å²) >= 11 is 12.4. The number of hydrogen-bond acceptors (Lipinski definition) is 3. The fraction of sp³-hybridized carbons (Fsp3) is 0.188. The molecule has 2 aromatic rings. The molecule has 3 rings (SSSR count). The zero-order valence-corrected chi connectivity index (χ0v) is 13.3. The maximum atomic E-state index is 12.2. The van der Waals surface area contributed by atoms with Crippen LogP contribution in [-0.2, 0) is 4.79 Å². The van der Waals surface area contributed by atoms with Gasteiger partial charge in [0.15, 0.2) is 0 Å². The second-order valence-corrected chi connectivity index (χ2v) is 5.83. The maximum absolute atomic E-state index is 12.2. The first kappa shape index (κ1) is 15.2. The van der Waals surface area contributed by atoms with Crippen LogP contribution in [0.3, 0.4) is 0 Å². The Morgan fingerprint density at radius 3 is 2.50 bits per heavy atom. The molecule has 4 nitrogen and oxygen atoms in total. The Morgan fingerprint density at radius 1 is 1.14 bits per heavy atom. The van der Waals surface area contributed by atoms with E-state index in [9.17, 15) is 4.79 Å². The van der Waals surface area contributed by atoms with Crippen LogP contribution >= 0.6 is 23.2 Å². The molecule has 0 aromatic heterocycles.